The Morgan fingerprint density at radius 2 is 1.97 bits per heavy atom. The molecule has 2 aromatic heterocycles. The fraction of sp³-hybridized carbons (Fsp3) is 0.500. The quantitative estimate of drug-likeness (QED) is 0.681. The lowest BCUT2D eigenvalue weighted by Gasteiger charge is -2.37. The van der Waals surface area contributed by atoms with Crippen molar-refractivity contribution in [2.24, 2.45) is 5.92 Å². The molecule has 1 atom stereocenters. The first-order chi connectivity index (χ1) is 15.6. The second-order valence-electron chi connectivity index (χ2n) is 9.21. The molecule has 32 heavy (non-hydrogen) atoms. The Morgan fingerprint density at radius 1 is 1.19 bits per heavy atom. The summed E-state index contributed by atoms with van der Waals surface area (Å²) in [5, 5.41) is 6.80. The zero-order valence-electron chi connectivity index (χ0n) is 19.0. The highest BCUT2D eigenvalue weighted by molar-refractivity contribution is 5.79. The number of anilines is 3. The van der Waals surface area contributed by atoms with Crippen molar-refractivity contribution >= 4 is 29.4 Å². The van der Waals surface area contributed by atoms with Crippen LogP contribution in [-0.4, -0.2) is 66.1 Å². The van der Waals surface area contributed by atoms with Crippen LogP contribution in [0.4, 0.5) is 22.1 Å². The van der Waals surface area contributed by atoms with Crippen LogP contribution >= 0.6 is 0 Å². The van der Waals surface area contributed by atoms with Gasteiger partial charge < -0.3 is 25.4 Å². The van der Waals surface area contributed by atoms with Gasteiger partial charge in [-0.1, -0.05) is 12.8 Å². The van der Waals surface area contributed by atoms with Crippen molar-refractivity contribution in [3.8, 4) is 0 Å². The molecule has 5 rings (SSSR count). The maximum atomic E-state index is 12.9. The molecule has 8 heteroatoms. The number of nitrogens with one attached hydrogen (secondary N) is 3. The molecule has 170 valence electrons. The zero-order valence-corrected chi connectivity index (χ0v) is 19.0. The average molecular weight is 436 g/mol. The van der Waals surface area contributed by atoms with E-state index in [4.69, 9.17) is 0 Å². The molecule has 0 bridgehead atoms. The van der Waals surface area contributed by atoms with E-state index in [2.05, 4.69) is 37.6 Å². The molecule has 2 aliphatic heterocycles. The maximum absolute atomic E-state index is 12.9. The normalized spacial score (nSPS) is 21.0. The Kier molecular flexibility index (Phi) is 5.78. The number of rotatable bonds is 4. The number of piperazine rings is 1. The maximum Gasteiger partial charge on any atom is 0.324 e. The third-order valence-electron chi connectivity index (χ3n) is 6.83. The molecule has 8 nitrogen and oxygen atoms in total. The van der Waals surface area contributed by atoms with Crippen molar-refractivity contribution in [1.29, 1.82) is 0 Å². The summed E-state index contributed by atoms with van der Waals surface area (Å²) in [7, 11) is 3.63. The minimum Gasteiger partial charge on any atom is -0.368 e. The molecular formula is C24H33N7O. The number of fused-ring (bicyclic) bond motifs is 1. The fourth-order valence-electron chi connectivity index (χ4n) is 5.19. The van der Waals surface area contributed by atoms with E-state index in [1.54, 1.807) is 4.90 Å². The van der Waals surface area contributed by atoms with Crippen LogP contribution in [0.1, 0.15) is 43.0 Å². The summed E-state index contributed by atoms with van der Waals surface area (Å²) in [5.74, 6) is 2.19. The lowest BCUT2D eigenvalue weighted by Crippen LogP contribution is -2.43. The Morgan fingerprint density at radius 3 is 2.66 bits per heavy atom. The van der Waals surface area contributed by atoms with E-state index in [9.17, 15) is 4.79 Å². The number of hydrogen-bond donors (Lipinski definition) is 3. The number of nitrogens with zero attached hydrogens (tertiary/aromatic N) is 4. The second-order valence-corrected chi connectivity index (χ2v) is 9.21. The lowest BCUT2D eigenvalue weighted by molar-refractivity contribution is 0.153. The molecule has 2 aromatic rings. The van der Waals surface area contributed by atoms with Gasteiger partial charge in [0.1, 0.15) is 11.6 Å². The number of hydrogen-bond acceptors (Lipinski definition) is 5. The van der Waals surface area contributed by atoms with Crippen LogP contribution in [0, 0.1) is 5.92 Å². The first kappa shape index (κ1) is 20.9. The van der Waals surface area contributed by atoms with E-state index in [0.717, 1.165) is 67.6 Å². The summed E-state index contributed by atoms with van der Waals surface area (Å²) >= 11 is 0. The number of carbonyl (C=O) groups excluding carboxylic acids is 1. The van der Waals surface area contributed by atoms with Gasteiger partial charge in [0.2, 0.25) is 0 Å². The van der Waals surface area contributed by atoms with Crippen molar-refractivity contribution < 1.29 is 4.79 Å². The lowest BCUT2D eigenvalue weighted by atomic mass is 9.90. The van der Waals surface area contributed by atoms with Gasteiger partial charge in [-0.05, 0) is 43.0 Å². The molecule has 3 aliphatic rings. The summed E-state index contributed by atoms with van der Waals surface area (Å²) in [4.78, 5) is 27.0. The zero-order chi connectivity index (χ0) is 22.1. The first-order valence-electron chi connectivity index (χ1n) is 11.7. The van der Waals surface area contributed by atoms with E-state index >= 15 is 0 Å². The minimum absolute atomic E-state index is 0.0260. The average Bonchev–Trinajstić information content (AvgIpc) is 3.48. The molecule has 0 spiro atoms. The van der Waals surface area contributed by atoms with Crippen LogP contribution in [0.2, 0.25) is 0 Å². The Bertz CT molecular complexity index is 969. The minimum atomic E-state index is 0.0260. The summed E-state index contributed by atoms with van der Waals surface area (Å²) in [5.41, 5.74) is 3.42. The molecule has 1 unspecified atom stereocenters. The highest BCUT2D eigenvalue weighted by atomic mass is 16.2. The fourth-order valence-corrected chi connectivity index (χ4v) is 5.19. The number of pyridine rings is 1. The summed E-state index contributed by atoms with van der Waals surface area (Å²) in [6.45, 7) is 4.04. The number of H-pyrrole nitrogens is 1. The number of carbonyl (C=O) groups is 1. The van der Waals surface area contributed by atoms with Gasteiger partial charge in [-0.25, -0.2) is 9.78 Å². The Balaban J connectivity index is 1.36. The molecule has 1 saturated heterocycles. The van der Waals surface area contributed by atoms with Crippen molar-refractivity contribution in [1.82, 2.24) is 25.1 Å². The molecule has 0 aromatic carbocycles. The molecule has 2 amide bonds. The van der Waals surface area contributed by atoms with Crippen molar-refractivity contribution in [3.63, 3.8) is 0 Å². The Hall–Kier alpha value is -3.00. The van der Waals surface area contributed by atoms with Crippen LogP contribution in [0.15, 0.2) is 30.6 Å². The molecular weight excluding hydrogens is 402 g/mol. The summed E-state index contributed by atoms with van der Waals surface area (Å²) < 4.78 is 0. The SMILES string of the molecule is CN(C)C(=O)N1C=Cc2cc(Nc3ccc(N4CCNCC4)cn3)[nH]c2C1C1CCCC1. The monoisotopic (exact) mass is 435 g/mol. The number of aromatic amines is 1. The van der Waals surface area contributed by atoms with Crippen LogP contribution in [-0.2, 0) is 0 Å². The molecule has 3 N–H and O–H groups in total. The van der Waals surface area contributed by atoms with Crippen LogP contribution in [0.5, 0.6) is 0 Å². The van der Waals surface area contributed by atoms with Crippen molar-refractivity contribution in [2.75, 3.05) is 50.5 Å². The van der Waals surface area contributed by atoms with Gasteiger partial charge in [0.15, 0.2) is 0 Å². The van der Waals surface area contributed by atoms with Gasteiger partial charge in [-0.2, -0.15) is 0 Å². The van der Waals surface area contributed by atoms with Crippen LogP contribution in [0.25, 0.3) is 6.08 Å². The predicted molar refractivity (Wildman–Crippen MR) is 128 cm³/mol. The first-order valence-corrected chi connectivity index (χ1v) is 11.7. The van der Waals surface area contributed by atoms with Crippen LogP contribution in [0.3, 0.4) is 0 Å². The van der Waals surface area contributed by atoms with Gasteiger partial charge in [0, 0.05) is 57.7 Å². The van der Waals surface area contributed by atoms with E-state index in [1.807, 2.05) is 43.5 Å². The number of urea groups is 1. The largest absolute Gasteiger partial charge is 0.368 e. The van der Waals surface area contributed by atoms with E-state index < -0.39 is 0 Å². The van der Waals surface area contributed by atoms with Gasteiger partial charge in [-0.3, -0.25) is 4.90 Å². The summed E-state index contributed by atoms with van der Waals surface area (Å²) in [6.07, 6.45) is 10.7. The number of aromatic nitrogens is 2. The standard InChI is InChI=1S/C24H33N7O/c1-29(2)24(32)31-12-9-18-15-21(28-22(18)23(31)17-5-3-4-6-17)27-20-8-7-19(16-26-20)30-13-10-25-11-14-30/h7-9,12,15-17,23,25,28H,3-6,10-11,13-14H2,1-2H3,(H,26,27). The molecule has 2 fully saturated rings. The van der Waals surface area contributed by atoms with Gasteiger partial charge in [-0.15, -0.1) is 0 Å². The summed E-state index contributed by atoms with van der Waals surface area (Å²) in [6, 6.07) is 6.35. The molecule has 1 aliphatic carbocycles. The molecule has 1 saturated carbocycles. The van der Waals surface area contributed by atoms with Crippen molar-refractivity contribution in [2.45, 2.75) is 31.7 Å². The van der Waals surface area contributed by atoms with E-state index in [1.165, 1.54) is 12.8 Å². The predicted octanol–water partition coefficient (Wildman–Crippen LogP) is 3.76. The van der Waals surface area contributed by atoms with Gasteiger partial charge >= 0.3 is 6.03 Å². The van der Waals surface area contributed by atoms with E-state index in [0.29, 0.717) is 5.92 Å². The molecule has 4 heterocycles. The second kappa shape index (κ2) is 8.86. The van der Waals surface area contributed by atoms with Gasteiger partial charge in [0.05, 0.1) is 17.9 Å². The van der Waals surface area contributed by atoms with Gasteiger partial charge in [0.25, 0.3) is 0 Å². The van der Waals surface area contributed by atoms with E-state index in [-0.39, 0.29) is 12.1 Å². The topological polar surface area (TPSA) is 79.5 Å². The highest BCUT2D eigenvalue weighted by Gasteiger charge is 2.37. The highest BCUT2D eigenvalue weighted by Crippen LogP contribution is 2.44. The smallest absolute Gasteiger partial charge is 0.324 e. The third-order valence-corrected chi connectivity index (χ3v) is 6.83. The van der Waals surface area contributed by atoms with Crippen molar-refractivity contribution in [3.05, 3.63) is 41.9 Å². The third kappa shape index (κ3) is 4.07. The Labute approximate surface area is 189 Å². The molecule has 0 radical (unpaired) electrons. The number of amides is 2. The van der Waals surface area contributed by atoms with Crippen LogP contribution < -0.4 is 15.5 Å².